The molecule has 2 fully saturated rings. The average Bonchev–Trinajstić information content (AvgIpc) is 3.43. The van der Waals surface area contributed by atoms with E-state index in [9.17, 15) is 14.4 Å². The number of carbonyl (C=O) groups is 3. The Morgan fingerprint density at radius 1 is 1.06 bits per heavy atom. The zero-order valence-electron chi connectivity index (χ0n) is 20.1. The summed E-state index contributed by atoms with van der Waals surface area (Å²) in [6, 6.07) is 10.5. The Hall–Kier alpha value is -3.10. The molecule has 184 valence electrons. The van der Waals surface area contributed by atoms with Crippen LogP contribution in [0.5, 0.6) is 11.5 Å². The van der Waals surface area contributed by atoms with E-state index in [0.717, 1.165) is 5.56 Å². The summed E-state index contributed by atoms with van der Waals surface area (Å²) in [5, 5.41) is 6.68. The number of likely N-dealkylation sites (tertiary alicyclic amines) is 1. The van der Waals surface area contributed by atoms with Gasteiger partial charge >= 0.3 is 0 Å². The van der Waals surface area contributed by atoms with Crippen molar-refractivity contribution in [3.8, 4) is 11.5 Å². The highest BCUT2D eigenvalue weighted by Crippen LogP contribution is 2.55. The fraction of sp³-hybridized carbons (Fsp3) is 0.423. The molecule has 0 saturated carbocycles. The third kappa shape index (κ3) is 3.34. The predicted molar refractivity (Wildman–Crippen MR) is 130 cm³/mol. The highest BCUT2D eigenvalue weighted by Gasteiger charge is 2.70. The summed E-state index contributed by atoms with van der Waals surface area (Å²) < 4.78 is 10.7. The highest BCUT2D eigenvalue weighted by molar-refractivity contribution is 6.35. The lowest BCUT2D eigenvalue weighted by atomic mass is 9.76. The van der Waals surface area contributed by atoms with Crippen LogP contribution in [0.1, 0.15) is 25.0 Å². The Balaban J connectivity index is 1.49. The van der Waals surface area contributed by atoms with Crippen LogP contribution in [0.3, 0.4) is 0 Å². The van der Waals surface area contributed by atoms with Crippen LogP contribution >= 0.6 is 11.6 Å². The maximum atomic E-state index is 13.8. The van der Waals surface area contributed by atoms with Gasteiger partial charge in [-0.05, 0) is 36.1 Å². The lowest BCUT2D eigenvalue weighted by Crippen LogP contribution is -2.54. The second-order valence-corrected chi connectivity index (χ2v) is 10.0. The lowest BCUT2D eigenvalue weighted by Gasteiger charge is -2.30. The van der Waals surface area contributed by atoms with Gasteiger partial charge in [0, 0.05) is 18.2 Å². The van der Waals surface area contributed by atoms with Gasteiger partial charge in [0.1, 0.15) is 5.54 Å². The molecule has 9 heteroatoms. The summed E-state index contributed by atoms with van der Waals surface area (Å²) in [5.41, 5.74) is 0.698. The Kier molecular flexibility index (Phi) is 5.76. The third-order valence-corrected chi connectivity index (χ3v) is 7.83. The Morgan fingerprint density at radius 2 is 1.80 bits per heavy atom. The second-order valence-electron chi connectivity index (χ2n) is 9.61. The van der Waals surface area contributed by atoms with E-state index in [4.69, 9.17) is 21.1 Å². The summed E-state index contributed by atoms with van der Waals surface area (Å²) in [5.74, 6) is -1.18. The molecule has 2 saturated heterocycles. The molecule has 0 radical (unpaired) electrons. The van der Waals surface area contributed by atoms with Crippen LogP contribution in [0, 0.1) is 17.8 Å². The van der Waals surface area contributed by atoms with Crippen molar-refractivity contribution in [1.82, 2.24) is 10.2 Å². The van der Waals surface area contributed by atoms with E-state index in [2.05, 4.69) is 10.6 Å². The number of nitrogens with zero attached hydrogens (tertiary/aromatic N) is 1. The minimum atomic E-state index is -1.33. The molecular weight excluding hydrogens is 470 g/mol. The number of ether oxygens (including phenoxy) is 2. The maximum absolute atomic E-state index is 13.8. The van der Waals surface area contributed by atoms with Gasteiger partial charge in [-0.15, -0.1) is 0 Å². The molecule has 3 amide bonds. The number of benzene rings is 2. The number of amides is 3. The van der Waals surface area contributed by atoms with E-state index in [1.54, 1.807) is 38.5 Å². The van der Waals surface area contributed by atoms with Crippen LogP contribution in [-0.4, -0.2) is 49.4 Å². The molecule has 0 aliphatic carbocycles. The molecule has 0 bridgehead atoms. The molecule has 2 N–H and O–H groups in total. The summed E-state index contributed by atoms with van der Waals surface area (Å²) >= 11 is 6.37. The highest BCUT2D eigenvalue weighted by atomic mass is 35.5. The number of hydrogen-bond acceptors (Lipinski definition) is 6. The van der Waals surface area contributed by atoms with Crippen LogP contribution < -0.4 is 20.1 Å². The quantitative estimate of drug-likeness (QED) is 0.596. The number of methoxy groups -OCH3 is 2. The number of hydrogen-bond donors (Lipinski definition) is 2. The van der Waals surface area contributed by atoms with Gasteiger partial charge in [-0.25, -0.2) is 0 Å². The van der Waals surface area contributed by atoms with Gasteiger partial charge in [0.25, 0.3) is 0 Å². The summed E-state index contributed by atoms with van der Waals surface area (Å²) in [7, 11) is 3.13. The lowest BCUT2D eigenvalue weighted by molar-refractivity contribution is -0.142. The number of rotatable bonds is 6. The molecule has 1 spiro atoms. The number of imide groups is 1. The maximum Gasteiger partial charge on any atom is 0.250 e. The van der Waals surface area contributed by atoms with Crippen LogP contribution in [-0.2, 0) is 26.3 Å². The molecule has 35 heavy (non-hydrogen) atoms. The topological polar surface area (TPSA) is 97.0 Å². The molecule has 5 rings (SSSR count). The molecule has 8 nitrogen and oxygen atoms in total. The standard InChI is InChI=1S/C26H28ClN3O5/c1-13(2)21-19-20(26(29-21)15-6-5-7-16(27)22(15)28-25(26)33)24(32)30(23(19)31)11-10-14-8-9-17(34-3)18(12-14)35-4/h5-9,12-13,19-21,29H,10-11H2,1-4H3,(H,28,33)/t19-,20-,21+,26-/m0/s1. The number of carbonyl (C=O) groups excluding carboxylic acids is 3. The van der Waals surface area contributed by atoms with Gasteiger partial charge < -0.3 is 14.8 Å². The van der Waals surface area contributed by atoms with Crippen molar-refractivity contribution in [2.24, 2.45) is 17.8 Å². The van der Waals surface area contributed by atoms with Crippen molar-refractivity contribution in [2.75, 3.05) is 26.1 Å². The number of nitrogens with one attached hydrogen (secondary N) is 2. The Bertz CT molecular complexity index is 1230. The minimum absolute atomic E-state index is 0.0282. The predicted octanol–water partition coefficient (Wildman–Crippen LogP) is 2.98. The smallest absolute Gasteiger partial charge is 0.250 e. The number of anilines is 1. The van der Waals surface area contributed by atoms with Crippen molar-refractivity contribution >= 4 is 35.0 Å². The molecule has 3 heterocycles. The summed E-state index contributed by atoms with van der Waals surface area (Å²) in [4.78, 5) is 42.2. The number of para-hydroxylation sites is 1. The van der Waals surface area contributed by atoms with Crippen molar-refractivity contribution < 1.29 is 23.9 Å². The molecule has 3 aliphatic heterocycles. The van der Waals surface area contributed by atoms with Crippen LogP contribution in [0.15, 0.2) is 36.4 Å². The largest absolute Gasteiger partial charge is 0.493 e. The van der Waals surface area contributed by atoms with Gasteiger partial charge in [-0.3, -0.25) is 24.6 Å². The first kappa shape index (κ1) is 23.6. The van der Waals surface area contributed by atoms with Gasteiger partial charge in [0.2, 0.25) is 17.7 Å². The first-order valence-electron chi connectivity index (χ1n) is 11.7. The number of fused-ring (bicyclic) bond motifs is 4. The van der Waals surface area contributed by atoms with Crippen molar-refractivity contribution in [3.05, 3.63) is 52.5 Å². The first-order chi connectivity index (χ1) is 16.7. The number of halogens is 1. The first-order valence-corrected chi connectivity index (χ1v) is 12.1. The SMILES string of the molecule is COc1ccc(CCN2C(=O)[C@@H]3[C@@H](C(C)C)N[C@]4(C(=O)Nc5c(Cl)cccc54)[C@@H]3C2=O)cc1OC. The van der Waals surface area contributed by atoms with Gasteiger partial charge in [0.15, 0.2) is 11.5 Å². The summed E-state index contributed by atoms with van der Waals surface area (Å²) in [6.45, 7) is 4.19. The Morgan fingerprint density at radius 3 is 2.49 bits per heavy atom. The van der Waals surface area contributed by atoms with Gasteiger partial charge in [-0.1, -0.05) is 43.6 Å². The van der Waals surface area contributed by atoms with Crippen molar-refractivity contribution in [3.63, 3.8) is 0 Å². The fourth-order valence-electron chi connectivity index (χ4n) is 5.86. The van der Waals surface area contributed by atoms with E-state index in [-0.39, 0.29) is 36.2 Å². The Labute approximate surface area is 208 Å². The monoisotopic (exact) mass is 497 g/mol. The van der Waals surface area contributed by atoms with E-state index >= 15 is 0 Å². The molecule has 4 atom stereocenters. The van der Waals surface area contributed by atoms with E-state index < -0.39 is 17.4 Å². The third-order valence-electron chi connectivity index (χ3n) is 7.52. The van der Waals surface area contributed by atoms with Crippen molar-refractivity contribution in [1.29, 1.82) is 0 Å². The zero-order valence-corrected chi connectivity index (χ0v) is 20.8. The van der Waals surface area contributed by atoms with Crippen LogP contribution in [0.25, 0.3) is 0 Å². The van der Waals surface area contributed by atoms with Gasteiger partial charge in [0.05, 0.1) is 36.8 Å². The van der Waals surface area contributed by atoms with E-state index in [1.165, 1.54) is 4.90 Å². The average molecular weight is 498 g/mol. The molecular formula is C26H28ClN3O5. The summed E-state index contributed by atoms with van der Waals surface area (Å²) in [6.07, 6.45) is 0.457. The van der Waals surface area contributed by atoms with Gasteiger partial charge in [-0.2, -0.15) is 0 Å². The van der Waals surface area contributed by atoms with E-state index in [1.807, 2.05) is 26.0 Å². The fourth-order valence-corrected chi connectivity index (χ4v) is 6.08. The zero-order chi connectivity index (χ0) is 25.1. The van der Waals surface area contributed by atoms with E-state index in [0.29, 0.717) is 34.2 Å². The second kappa shape index (κ2) is 8.53. The van der Waals surface area contributed by atoms with Crippen LogP contribution in [0.2, 0.25) is 5.02 Å². The molecule has 2 aromatic rings. The minimum Gasteiger partial charge on any atom is -0.493 e. The molecule has 0 unspecified atom stereocenters. The molecule has 0 aromatic heterocycles. The van der Waals surface area contributed by atoms with Crippen LogP contribution in [0.4, 0.5) is 5.69 Å². The normalized spacial score (nSPS) is 27.0. The molecule has 2 aromatic carbocycles. The molecule has 3 aliphatic rings. The van der Waals surface area contributed by atoms with Crippen molar-refractivity contribution in [2.45, 2.75) is 31.8 Å².